The molecule has 0 aliphatic carbocycles. The van der Waals surface area contributed by atoms with Gasteiger partial charge in [0.2, 0.25) is 0 Å². The first kappa shape index (κ1) is 26.0. The summed E-state index contributed by atoms with van der Waals surface area (Å²) in [5, 5.41) is 0. The van der Waals surface area contributed by atoms with Crippen LogP contribution in [0.5, 0.6) is 5.75 Å². The second-order valence-electron chi connectivity index (χ2n) is 9.17. The molecule has 0 unspecified atom stereocenters. The third kappa shape index (κ3) is 6.08. The molecule has 8 nitrogen and oxygen atoms in total. The fraction of sp³-hybridized carbons (Fsp3) is 0.480. The number of aryl methyl sites for hydroxylation is 1. The predicted molar refractivity (Wildman–Crippen MR) is 133 cm³/mol. The summed E-state index contributed by atoms with van der Waals surface area (Å²) in [4.78, 5) is 17.4. The SMILES string of the molecule is CO[C@H]1CN(C)C(=O)c2cc(NS(=O)(=O)c3ccc(C)cc3)ccc2OC[C@@H](C)N(C)C[C@@H]1C. The highest BCUT2D eigenvalue weighted by Gasteiger charge is 2.27. The molecular weight excluding hydrogens is 454 g/mol. The molecule has 0 saturated carbocycles. The zero-order valence-electron chi connectivity index (χ0n) is 20.7. The highest BCUT2D eigenvalue weighted by Crippen LogP contribution is 2.27. The van der Waals surface area contributed by atoms with E-state index in [1.807, 2.05) is 14.0 Å². The zero-order valence-corrected chi connectivity index (χ0v) is 21.6. The minimum Gasteiger partial charge on any atom is -0.491 e. The number of amides is 1. The van der Waals surface area contributed by atoms with Crippen LogP contribution < -0.4 is 9.46 Å². The molecule has 34 heavy (non-hydrogen) atoms. The van der Waals surface area contributed by atoms with Gasteiger partial charge < -0.3 is 14.4 Å². The van der Waals surface area contributed by atoms with Gasteiger partial charge in [-0.15, -0.1) is 0 Å². The van der Waals surface area contributed by atoms with Gasteiger partial charge in [-0.1, -0.05) is 24.6 Å². The normalized spacial score (nSPS) is 22.8. The number of fused-ring (bicyclic) bond motifs is 1. The molecule has 1 aliphatic rings. The van der Waals surface area contributed by atoms with Gasteiger partial charge in [0, 0.05) is 39.0 Å². The van der Waals surface area contributed by atoms with Crippen molar-refractivity contribution in [2.45, 2.75) is 37.8 Å². The van der Waals surface area contributed by atoms with Crippen LogP contribution >= 0.6 is 0 Å². The Hall–Kier alpha value is -2.62. The number of hydrogen-bond donors (Lipinski definition) is 1. The lowest BCUT2D eigenvalue weighted by Crippen LogP contribution is -2.45. The average Bonchev–Trinajstić information content (AvgIpc) is 2.80. The molecule has 1 heterocycles. The van der Waals surface area contributed by atoms with E-state index >= 15 is 0 Å². The number of nitrogens with one attached hydrogen (secondary N) is 1. The lowest BCUT2D eigenvalue weighted by Gasteiger charge is -2.34. The van der Waals surface area contributed by atoms with Crippen LogP contribution in [0.25, 0.3) is 0 Å². The van der Waals surface area contributed by atoms with Gasteiger partial charge in [-0.2, -0.15) is 0 Å². The number of sulfonamides is 1. The number of methoxy groups -OCH3 is 1. The molecule has 2 aromatic rings. The minimum atomic E-state index is -3.81. The summed E-state index contributed by atoms with van der Waals surface area (Å²) in [7, 11) is 1.61. The standard InChI is InChI=1S/C25H35N3O5S/c1-17-7-10-21(11-8-17)34(30,31)26-20-9-12-23-22(13-20)25(29)28(5)15-24(32-6)18(2)14-27(4)19(3)16-33-23/h7-13,18-19,24,26H,14-16H2,1-6H3/t18-,19+,24-/m0/s1. The van der Waals surface area contributed by atoms with Gasteiger partial charge in [-0.05, 0) is 57.1 Å². The quantitative estimate of drug-likeness (QED) is 0.710. The molecule has 9 heteroatoms. The Morgan fingerprint density at radius 1 is 1.06 bits per heavy atom. The highest BCUT2D eigenvalue weighted by molar-refractivity contribution is 7.92. The molecular formula is C25H35N3O5S. The summed E-state index contributed by atoms with van der Waals surface area (Å²) >= 11 is 0. The third-order valence-corrected chi connectivity index (χ3v) is 7.74. The van der Waals surface area contributed by atoms with Crippen molar-refractivity contribution in [1.82, 2.24) is 9.80 Å². The van der Waals surface area contributed by atoms with Crippen LogP contribution in [0.3, 0.4) is 0 Å². The fourth-order valence-electron chi connectivity index (χ4n) is 3.95. The van der Waals surface area contributed by atoms with Gasteiger partial charge in [0.05, 0.1) is 16.6 Å². The highest BCUT2D eigenvalue weighted by atomic mass is 32.2. The van der Waals surface area contributed by atoms with E-state index in [0.717, 1.165) is 12.1 Å². The number of anilines is 1. The summed E-state index contributed by atoms with van der Waals surface area (Å²) in [6.45, 7) is 7.66. The second-order valence-corrected chi connectivity index (χ2v) is 10.8. The van der Waals surface area contributed by atoms with E-state index in [4.69, 9.17) is 9.47 Å². The molecule has 3 rings (SSSR count). The fourth-order valence-corrected chi connectivity index (χ4v) is 5.00. The van der Waals surface area contributed by atoms with Crippen molar-refractivity contribution in [3.63, 3.8) is 0 Å². The molecule has 0 bridgehead atoms. The summed E-state index contributed by atoms with van der Waals surface area (Å²) < 4.78 is 40.1. The number of carbonyl (C=O) groups excluding carboxylic acids is 1. The lowest BCUT2D eigenvalue weighted by atomic mass is 10.0. The maximum atomic E-state index is 13.4. The number of nitrogens with zero attached hydrogens (tertiary/aromatic N) is 2. The molecule has 186 valence electrons. The van der Waals surface area contributed by atoms with E-state index < -0.39 is 10.0 Å². The molecule has 1 N–H and O–H groups in total. The van der Waals surface area contributed by atoms with Crippen molar-refractivity contribution in [3.05, 3.63) is 53.6 Å². The Morgan fingerprint density at radius 3 is 2.38 bits per heavy atom. The average molecular weight is 490 g/mol. The third-order valence-electron chi connectivity index (χ3n) is 6.34. The van der Waals surface area contributed by atoms with Crippen molar-refractivity contribution in [1.29, 1.82) is 0 Å². The molecule has 1 amide bonds. The Balaban J connectivity index is 1.95. The topological polar surface area (TPSA) is 88.2 Å². The first-order valence-corrected chi connectivity index (χ1v) is 12.8. The monoisotopic (exact) mass is 489 g/mol. The number of hydrogen-bond acceptors (Lipinski definition) is 6. The Labute approximate surface area is 202 Å². The molecule has 2 aromatic carbocycles. The summed E-state index contributed by atoms with van der Waals surface area (Å²) in [6, 6.07) is 11.5. The molecule has 0 fully saturated rings. The molecule has 1 aliphatic heterocycles. The van der Waals surface area contributed by atoms with Gasteiger partial charge in [-0.25, -0.2) is 8.42 Å². The molecule has 0 radical (unpaired) electrons. The molecule has 3 atom stereocenters. The van der Waals surface area contributed by atoms with Gasteiger partial charge in [0.1, 0.15) is 12.4 Å². The maximum Gasteiger partial charge on any atom is 0.261 e. The first-order valence-electron chi connectivity index (χ1n) is 11.4. The summed E-state index contributed by atoms with van der Waals surface area (Å²) in [5.41, 5.74) is 1.55. The van der Waals surface area contributed by atoms with Crippen molar-refractivity contribution in [2.24, 2.45) is 5.92 Å². The number of ether oxygens (including phenoxy) is 2. The van der Waals surface area contributed by atoms with Crippen LogP contribution in [0.1, 0.15) is 29.8 Å². The van der Waals surface area contributed by atoms with Crippen molar-refractivity contribution in [2.75, 3.05) is 45.6 Å². The van der Waals surface area contributed by atoms with E-state index in [0.29, 0.717) is 30.2 Å². The van der Waals surface area contributed by atoms with Crippen molar-refractivity contribution >= 4 is 21.6 Å². The number of carbonyl (C=O) groups is 1. The molecule has 0 spiro atoms. The van der Waals surface area contributed by atoms with Gasteiger partial charge in [0.25, 0.3) is 15.9 Å². The van der Waals surface area contributed by atoms with E-state index in [2.05, 4.69) is 23.5 Å². The predicted octanol–water partition coefficient (Wildman–Crippen LogP) is 3.23. The van der Waals surface area contributed by atoms with Gasteiger partial charge >= 0.3 is 0 Å². The van der Waals surface area contributed by atoms with Gasteiger partial charge in [0.15, 0.2) is 0 Å². The van der Waals surface area contributed by atoms with E-state index in [-0.39, 0.29) is 28.9 Å². The van der Waals surface area contributed by atoms with Crippen LogP contribution in [0.4, 0.5) is 5.69 Å². The second kappa shape index (κ2) is 10.8. The van der Waals surface area contributed by atoms with Crippen molar-refractivity contribution in [3.8, 4) is 5.75 Å². The number of likely N-dealkylation sites (N-methyl/N-ethyl adjacent to an activating group) is 2. The minimum absolute atomic E-state index is 0.111. The Kier molecular flexibility index (Phi) is 8.22. The van der Waals surface area contributed by atoms with E-state index in [1.54, 1.807) is 55.5 Å². The van der Waals surface area contributed by atoms with Crippen LogP contribution in [-0.2, 0) is 14.8 Å². The van der Waals surface area contributed by atoms with Crippen LogP contribution in [0.2, 0.25) is 0 Å². The van der Waals surface area contributed by atoms with Crippen LogP contribution in [0.15, 0.2) is 47.4 Å². The van der Waals surface area contributed by atoms with E-state index in [1.165, 1.54) is 6.07 Å². The van der Waals surface area contributed by atoms with Crippen LogP contribution in [-0.4, -0.2) is 77.2 Å². The number of benzene rings is 2. The maximum absolute atomic E-state index is 13.4. The molecule has 0 aromatic heterocycles. The van der Waals surface area contributed by atoms with Crippen LogP contribution in [0, 0.1) is 12.8 Å². The summed E-state index contributed by atoms with van der Waals surface area (Å²) in [6.07, 6.45) is -0.143. The Bertz CT molecular complexity index is 1100. The lowest BCUT2D eigenvalue weighted by molar-refractivity contribution is 0.0150. The zero-order chi connectivity index (χ0) is 25.0. The van der Waals surface area contributed by atoms with Crippen molar-refractivity contribution < 1.29 is 22.7 Å². The Morgan fingerprint density at radius 2 is 1.74 bits per heavy atom. The number of rotatable bonds is 4. The molecule has 0 saturated heterocycles. The first-order chi connectivity index (χ1) is 16.0. The van der Waals surface area contributed by atoms with E-state index in [9.17, 15) is 13.2 Å². The smallest absolute Gasteiger partial charge is 0.261 e. The van der Waals surface area contributed by atoms with Gasteiger partial charge in [-0.3, -0.25) is 14.4 Å². The largest absolute Gasteiger partial charge is 0.491 e. The summed E-state index contributed by atoms with van der Waals surface area (Å²) in [5.74, 6) is 0.347.